The van der Waals surface area contributed by atoms with Crippen LogP contribution in [0.5, 0.6) is 0 Å². The Morgan fingerprint density at radius 1 is 1.47 bits per heavy atom. The quantitative estimate of drug-likeness (QED) is 0.837. The first-order valence-electron chi connectivity index (χ1n) is 7.00. The van der Waals surface area contributed by atoms with Crippen LogP contribution >= 0.6 is 11.3 Å². The van der Waals surface area contributed by atoms with E-state index in [0.29, 0.717) is 22.7 Å². The molecule has 3 N–H and O–H groups in total. The van der Waals surface area contributed by atoms with Gasteiger partial charge in [-0.2, -0.15) is 0 Å². The van der Waals surface area contributed by atoms with Gasteiger partial charge in [0, 0.05) is 19.1 Å². The molecule has 2 fully saturated rings. The van der Waals surface area contributed by atoms with E-state index in [2.05, 4.69) is 10.3 Å². The van der Waals surface area contributed by atoms with Crippen LogP contribution < -0.4 is 11.1 Å². The summed E-state index contributed by atoms with van der Waals surface area (Å²) in [4.78, 5) is 19.5. The largest absolute Gasteiger partial charge is 0.382 e. The second kappa shape index (κ2) is 5.00. The van der Waals surface area contributed by atoms with Crippen LogP contribution in [-0.4, -0.2) is 34.9 Å². The van der Waals surface area contributed by atoms with Crippen molar-refractivity contribution in [3.63, 3.8) is 0 Å². The number of rotatable bonds is 6. The summed E-state index contributed by atoms with van der Waals surface area (Å²) in [5.41, 5.74) is 5.89. The third-order valence-corrected chi connectivity index (χ3v) is 4.59. The van der Waals surface area contributed by atoms with Gasteiger partial charge in [0.15, 0.2) is 5.13 Å². The molecule has 0 aliphatic heterocycles. The molecule has 104 valence electrons. The Hall–Kier alpha value is -1.30. The van der Waals surface area contributed by atoms with E-state index in [1.807, 2.05) is 11.8 Å². The van der Waals surface area contributed by atoms with Crippen LogP contribution in [0.25, 0.3) is 0 Å². The third kappa shape index (κ3) is 2.83. The predicted octanol–water partition coefficient (Wildman–Crippen LogP) is 2.17. The summed E-state index contributed by atoms with van der Waals surface area (Å²) in [5.74, 6) is 1.16. The predicted molar refractivity (Wildman–Crippen MR) is 77.5 cm³/mol. The molecule has 2 aliphatic carbocycles. The molecule has 0 bridgehead atoms. The van der Waals surface area contributed by atoms with Gasteiger partial charge in [0.25, 0.3) is 5.91 Å². The first-order chi connectivity index (χ1) is 9.19. The summed E-state index contributed by atoms with van der Waals surface area (Å²) < 4.78 is 0. The molecule has 0 aromatic carbocycles. The molecule has 0 unspecified atom stereocenters. The summed E-state index contributed by atoms with van der Waals surface area (Å²) in [6.07, 6.45) is 4.79. The number of carbonyl (C=O) groups is 1. The van der Waals surface area contributed by atoms with E-state index in [0.717, 1.165) is 31.1 Å². The summed E-state index contributed by atoms with van der Waals surface area (Å²) in [6.45, 7) is 3.69. The molecule has 5 nitrogen and oxygen atoms in total. The first-order valence-corrected chi connectivity index (χ1v) is 7.81. The fraction of sp³-hybridized carbons (Fsp3) is 0.692. The van der Waals surface area contributed by atoms with Crippen LogP contribution in [0.4, 0.5) is 10.9 Å². The number of hydrogen-bond donors (Lipinski definition) is 2. The number of nitrogen functional groups attached to an aromatic ring is 1. The molecular weight excluding hydrogens is 260 g/mol. The lowest BCUT2D eigenvalue weighted by molar-refractivity contribution is 0.0740. The smallest absolute Gasteiger partial charge is 0.268 e. The number of nitrogens with two attached hydrogens (primary N) is 1. The molecule has 0 spiro atoms. The third-order valence-electron chi connectivity index (χ3n) is 3.58. The van der Waals surface area contributed by atoms with E-state index in [4.69, 9.17) is 5.73 Å². The summed E-state index contributed by atoms with van der Waals surface area (Å²) >= 11 is 1.37. The minimum atomic E-state index is 0.0774. The lowest BCUT2D eigenvalue weighted by atomic mass is 10.3. The molecule has 1 amide bonds. The van der Waals surface area contributed by atoms with Gasteiger partial charge in [-0.25, -0.2) is 4.98 Å². The number of anilines is 2. The zero-order valence-electron chi connectivity index (χ0n) is 11.2. The van der Waals surface area contributed by atoms with Gasteiger partial charge in [-0.1, -0.05) is 11.3 Å². The van der Waals surface area contributed by atoms with Gasteiger partial charge in [-0.3, -0.25) is 4.79 Å². The number of amides is 1. The van der Waals surface area contributed by atoms with Crippen LogP contribution in [-0.2, 0) is 0 Å². The SMILES string of the molecule is CCNc1nc(N)c(C(=O)N(CC2CC2)C2CC2)s1. The van der Waals surface area contributed by atoms with Crippen LogP contribution in [0.3, 0.4) is 0 Å². The van der Waals surface area contributed by atoms with Gasteiger partial charge >= 0.3 is 0 Å². The van der Waals surface area contributed by atoms with Gasteiger partial charge in [-0.15, -0.1) is 0 Å². The van der Waals surface area contributed by atoms with E-state index < -0.39 is 0 Å². The first kappa shape index (κ1) is 12.7. The second-order valence-electron chi connectivity index (χ2n) is 5.40. The second-order valence-corrected chi connectivity index (χ2v) is 6.39. The van der Waals surface area contributed by atoms with E-state index >= 15 is 0 Å². The van der Waals surface area contributed by atoms with Crippen molar-refractivity contribution < 1.29 is 4.79 Å². The lowest BCUT2D eigenvalue weighted by Gasteiger charge is -2.21. The van der Waals surface area contributed by atoms with Crippen molar-refractivity contribution in [3.8, 4) is 0 Å². The highest BCUT2D eigenvalue weighted by atomic mass is 32.1. The van der Waals surface area contributed by atoms with Gasteiger partial charge in [0.1, 0.15) is 10.7 Å². The highest BCUT2D eigenvalue weighted by Crippen LogP contribution is 2.37. The van der Waals surface area contributed by atoms with Crippen molar-refractivity contribution in [1.29, 1.82) is 0 Å². The van der Waals surface area contributed by atoms with Crippen molar-refractivity contribution in [2.24, 2.45) is 5.92 Å². The molecule has 6 heteroatoms. The molecular formula is C13H20N4OS. The lowest BCUT2D eigenvalue weighted by Crippen LogP contribution is -2.34. The molecule has 3 rings (SSSR count). The van der Waals surface area contributed by atoms with Crippen molar-refractivity contribution in [2.45, 2.75) is 38.6 Å². The number of hydrogen-bond acceptors (Lipinski definition) is 5. The Bertz CT molecular complexity index is 479. The molecule has 1 heterocycles. The average Bonchev–Trinajstić information content (AvgIpc) is 3.25. The number of aromatic nitrogens is 1. The Labute approximate surface area is 117 Å². The zero-order valence-corrected chi connectivity index (χ0v) is 12.0. The maximum absolute atomic E-state index is 12.6. The highest BCUT2D eigenvalue weighted by molar-refractivity contribution is 7.18. The standard InChI is InChI=1S/C13H20N4OS/c1-2-15-13-16-11(14)10(19-13)12(18)17(9-5-6-9)7-8-3-4-8/h8-9H,2-7,14H2,1H3,(H,15,16). The van der Waals surface area contributed by atoms with Crippen molar-refractivity contribution in [3.05, 3.63) is 4.88 Å². The minimum absolute atomic E-state index is 0.0774. The van der Waals surface area contributed by atoms with E-state index in [9.17, 15) is 4.79 Å². The Balaban J connectivity index is 1.76. The normalized spacial score (nSPS) is 18.4. The van der Waals surface area contributed by atoms with Crippen molar-refractivity contribution >= 4 is 28.2 Å². The van der Waals surface area contributed by atoms with E-state index in [1.165, 1.54) is 24.2 Å². The summed E-state index contributed by atoms with van der Waals surface area (Å²) in [7, 11) is 0. The Kier molecular flexibility index (Phi) is 3.35. The molecule has 2 aliphatic rings. The van der Waals surface area contributed by atoms with Gasteiger partial charge in [0.05, 0.1) is 0 Å². The monoisotopic (exact) mass is 280 g/mol. The number of nitrogens with one attached hydrogen (secondary N) is 1. The van der Waals surface area contributed by atoms with Crippen LogP contribution in [0, 0.1) is 5.92 Å². The zero-order chi connectivity index (χ0) is 13.4. The van der Waals surface area contributed by atoms with Gasteiger partial charge < -0.3 is 16.0 Å². The maximum atomic E-state index is 12.6. The van der Waals surface area contributed by atoms with Crippen LogP contribution in [0.2, 0.25) is 0 Å². The van der Waals surface area contributed by atoms with Crippen molar-refractivity contribution in [2.75, 3.05) is 24.1 Å². The molecule has 0 radical (unpaired) electrons. The van der Waals surface area contributed by atoms with Gasteiger partial charge in [-0.05, 0) is 38.5 Å². The maximum Gasteiger partial charge on any atom is 0.268 e. The minimum Gasteiger partial charge on any atom is -0.382 e. The van der Waals surface area contributed by atoms with Crippen LogP contribution in [0.15, 0.2) is 0 Å². The Morgan fingerprint density at radius 2 is 2.21 bits per heavy atom. The highest BCUT2D eigenvalue weighted by Gasteiger charge is 2.38. The van der Waals surface area contributed by atoms with Crippen LogP contribution in [0.1, 0.15) is 42.3 Å². The molecule has 0 atom stereocenters. The van der Waals surface area contributed by atoms with Crippen molar-refractivity contribution in [1.82, 2.24) is 9.88 Å². The summed E-state index contributed by atoms with van der Waals surface area (Å²) in [6, 6.07) is 0.442. The van der Waals surface area contributed by atoms with E-state index in [-0.39, 0.29) is 5.91 Å². The molecule has 1 aromatic heterocycles. The number of carbonyl (C=O) groups excluding carboxylic acids is 1. The Morgan fingerprint density at radius 3 is 2.79 bits per heavy atom. The molecule has 19 heavy (non-hydrogen) atoms. The fourth-order valence-electron chi connectivity index (χ4n) is 2.21. The van der Waals surface area contributed by atoms with E-state index in [1.54, 1.807) is 0 Å². The molecule has 0 saturated heterocycles. The molecule has 1 aromatic rings. The topological polar surface area (TPSA) is 71.2 Å². The fourth-order valence-corrected chi connectivity index (χ4v) is 3.11. The molecule has 2 saturated carbocycles. The number of thiazole rings is 1. The average molecular weight is 280 g/mol. The van der Waals surface area contributed by atoms with Gasteiger partial charge in [0.2, 0.25) is 0 Å². The number of nitrogens with zero attached hydrogens (tertiary/aromatic N) is 2. The summed E-state index contributed by atoms with van der Waals surface area (Å²) in [5, 5.41) is 3.86.